The molecule has 0 atom stereocenters. The molecule has 0 unspecified atom stereocenters. The first-order chi connectivity index (χ1) is 15.8. The molecule has 0 saturated heterocycles. The van der Waals surface area contributed by atoms with Crippen molar-refractivity contribution < 1.29 is 110 Å². The van der Waals surface area contributed by atoms with E-state index >= 15 is 0 Å². The van der Waals surface area contributed by atoms with E-state index in [1.807, 2.05) is 0 Å². The van der Waals surface area contributed by atoms with Crippen LogP contribution in [0.1, 0.15) is 6.42 Å². The highest BCUT2D eigenvalue weighted by molar-refractivity contribution is 6.65. The van der Waals surface area contributed by atoms with Gasteiger partial charge in [0.15, 0.2) is 0 Å². The Morgan fingerprint density at radius 2 is 0.553 bits per heavy atom. The molecule has 0 heterocycles. The van der Waals surface area contributed by atoms with Gasteiger partial charge in [-0.05, 0) is 0 Å². The Balaban J connectivity index is 6.95. The fourth-order valence-corrected chi connectivity index (χ4v) is 4.16. The maximum atomic E-state index is 13.5. The van der Waals surface area contributed by atoms with Crippen LogP contribution in [-0.2, 0) is 0 Å². The van der Waals surface area contributed by atoms with Crippen LogP contribution in [0.25, 0.3) is 0 Å². The number of hydrogen-bond donors (Lipinski definition) is 0. The summed E-state index contributed by atoms with van der Waals surface area (Å²) in [6, 6.07) is 0. The van der Waals surface area contributed by atoms with E-state index in [0.29, 0.717) is 0 Å². The Kier molecular flexibility index (Phi) is 8.63. The summed E-state index contributed by atoms with van der Waals surface area (Å²) in [5.41, 5.74) is -7.31. The van der Waals surface area contributed by atoms with Crippen molar-refractivity contribution in [3.63, 3.8) is 0 Å². The van der Waals surface area contributed by atoms with Crippen LogP contribution in [0.4, 0.5) is 110 Å². The molecule has 0 aliphatic carbocycles. The van der Waals surface area contributed by atoms with Crippen LogP contribution < -0.4 is 0 Å². The van der Waals surface area contributed by atoms with Crippen LogP contribution in [0.5, 0.6) is 0 Å². The van der Waals surface area contributed by atoms with Gasteiger partial charge in [0, 0.05) is 0 Å². The van der Waals surface area contributed by atoms with Crippen molar-refractivity contribution in [1.82, 2.24) is 0 Å². The van der Waals surface area contributed by atoms with Crippen LogP contribution >= 0.6 is 0 Å². The van der Waals surface area contributed by atoms with Gasteiger partial charge in [0.05, 0.1) is 6.42 Å². The predicted octanol–water partition coefficient (Wildman–Crippen LogP) is 7.99. The molecule has 0 nitrogen and oxygen atoms in total. The number of alkyl halides is 25. The Morgan fingerprint density at radius 3 is 0.789 bits per heavy atom. The molecule has 230 valence electrons. The van der Waals surface area contributed by atoms with E-state index in [1.165, 1.54) is 0 Å². The Labute approximate surface area is 191 Å². The van der Waals surface area contributed by atoms with Crippen molar-refractivity contribution in [3.05, 3.63) is 0 Å². The monoisotopic (exact) mass is 650 g/mol. The quantitative estimate of drug-likeness (QED) is 0.176. The van der Waals surface area contributed by atoms with Gasteiger partial charge in [-0.25, -0.2) is 8.78 Å². The third kappa shape index (κ3) is 5.28. The first kappa shape index (κ1) is 36.5. The zero-order valence-corrected chi connectivity index (χ0v) is 17.4. The number of rotatable bonds is 9. The minimum absolute atomic E-state index is 5.16. The molecule has 0 amide bonds. The summed E-state index contributed by atoms with van der Waals surface area (Å²) in [6.07, 6.45) is -13.2. The molecule has 0 rings (SSSR count). The summed E-state index contributed by atoms with van der Waals surface area (Å²) in [4.78, 5) is 0. The summed E-state index contributed by atoms with van der Waals surface area (Å²) in [5.74, 6) is -76.6. The Morgan fingerprint density at radius 1 is 0.316 bits per heavy atom. The van der Waals surface area contributed by atoms with Gasteiger partial charge in [0.1, 0.15) is 0 Å². The molecule has 38 heavy (non-hydrogen) atoms. The van der Waals surface area contributed by atoms with E-state index in [4.69, 9.17) is 0 Å². The van der Waals surface area contributed by atoms with Crippen LogP contribution in [-0.4, -0.2) is 73.6 Å². The van der Waals surface area contributed by atoms with Gasteiger partial charge in [-0.2, -0.15) is 101 Å². The first-order valence-electron chi connectivity index (χ1n) is 8.05. The molecule has 0 aromatic heterocycles. The average molecular weight is 650 g/mol. The van der Waals surface area contributed by atoms with E-state index in [0.717, 1.165) is 0 Å². The maximum Gasteiger partial charge on any atom is 0.460 e. The summed E-state index contributed by atoms with van der Waals surface area (Å²) in [6.45, 7) is 0. The molecular weight excluding hydrogens is 647 g/mol. The van der Waals surface area contributed by atoms with E-state index < -0.39 is 80.0 Å². The molecule has 26 heteroatoms. The highest BCUT2D eigenvalue weighted by Crippen LogP contribution is 2.64. The van der Waals surface area contributed by atoms with Crippen LogP contribution in [0, 0.1) is 0 Å². The molecule has 0 saturated carbocycles. The summed E-state index contributed by atoms with van der Waals surface area (Å²) in [7, 11) is -8.26. The van der Waals surface area contributed by atoms with Crippen LogP contribution in [0.3, 0.4) is 0 Å². The van der Waals surface area contributed by atoms with Crippen molar-refractivity contribution in [1.29, 1.82) is 0 Å². The van der Waals surface area contributed by atoms with E-state index in [2.05, 4.69) is 0 Å². The minimum atomic E-state index is -9.23. The third-order valence-corrected chi connectivity index (χ3v) is 6.68. The third-order valence-electron chi connectivity index (χ3n) is 4.32. The maximum absolute atomic E-state index is 13.5. The van der Waals surface area contributed by atoms with Crippen LogP contribution in [0.15, 0.2) is 0 Å². The second-order valence-corrected chi connectivity index (χ2v) is 10.1. The minimum Gasteiger partial charge on any atom is -0.211 e. The lowest BCUT2D eigenvalue weighted by molar-refractivity contribution is -0.462. The summed E-state index contributed by atoms with van der Waals surface area (Å²) < 4.78 is 321. The number of halogens is 25. The molecule has 0 fully saturated rings. The van der Waals surface area contributed by atoms with Gasteiger partial charge in [0.2, 0.25) is 0 Å². The van der Waals surface area contributed by atoms with Crippen molar-refractivity contribution in [3.8, 4) is 0 Å². The predicted molar refractivity (Wildman–Crippen MR) is 69.5 cm³/mol. The van der Waals surface area contributed by atoms with Gasteiger partial charge in [0.25, 0.3) is 5.55 Å². The largest absolute Gasteiger partial charge is 0.460 e. The summed E-state index contributed by atoms with van der Waals surface area (Å²) >= 11 is 0. The Bertz CT molecular complexity index is 824. The smallest absolute Gasteiger partial charge is 0.211 e. The molecule has 0 aromatic rings. The zero-order valence-electron chi connectivity index (χ0n) is 16.2. The lowest BCUT2D eigenvalue weighted by Gasteiger charge is -2.43. The molecule has 0 bridgehead atoms. The van der Waals surface area contributed by atoms with Gasteiger partial charge in [-0.1, -0.05) is 0 Å². The molecule has 0 aliphatic heterocycles. The van der Waals surface area contributed by atoms with E-state index in [1.54, 1.807) is 0 Å². The van der Waals surface area contributed by atoms with Gasteiger partial charge in [-0.3, -0.25) is 0 Å². The van der Waals surface area contributed by atoms with Crippen molar-refractivity contribution >= 4 is 8.80 Å². The molecular formula is C12H3F25Si. The molecule has 0 aromatic carbocycles. The zero-order chi connectivity index (χ0) is 31.8. The van der Waals surface area contributed by atoms with Crippen LogP contribution in [0.2, 0.25) is 0 Å². The molecule has 0 radical (unpaired) electrons. The fraction of sp³-hybridized carbons (Fsp3) is 1.00. The molecule has 0 aliphatic rings. The lowest BCUT2D eigenvalue weighted by atomic mass is 9.88. The molecule has 0 spiro atoms. The van der Waals surface area contributed by atoms with Gasteiger partial charge < -0.3 is 0 Å². The lowest BCUT2D eigenvalue weighted by Crippen LogP contribution is -2.75. The highest BCUT2D eigenvalue weighted by Gasteiger charge is 2.95. The van der Waals surface area contributed by atoms with Gasteiger partial charge >= 0.3 is 68.0 Å². The second kappa shape index (κ2) is 8.99. The standard InChI is InChI=1S/C12H3F25Si/c13-2(14,1-3(15,16)38(11(32,33)34)12(35,36)37)4(17,18)5(19,20)6(21,22)7(23,24)8(25,26)9(27,28)10(29,30)31/h38H,1H2. The normalized spacial score (nSPS) is 16.9. The SMILES string of the molecule is FC(F)(F)[SiH](C(F)(F)F)C(F)(F)CC(F)(F)C(F)(F)C(F)(F)C(F)(F)C(F)(F)C(F)(F)C(F)(F)C(F)(F)F. The average Bonchev–Trinajstić information content (AvgIpc) is 2.55. The van der Waals surface area contributed by atoms with Crippen molar-refractivity contribution in [2.75, 3.05) is 0 Å². The second-order valence-electron chi connectivity index (χ2n) is 7.10. The summed E-state index contributed by atoms with van der Waals surface area (Å²) in [5, 5.41) is 0. The fourth-order valence-electron chi connectivity index (χ4n) is 2.37. The topological polar surface area (TPSA) is 0 Å². The van der Waals surface area contributed by atoms with Crippen molar-refractivity contribution in [2.45, 2.75) is 71.2 Å². The first-order valence-corrected chi connectivity index (χ1v) is 9.78. The van der Waals surface area contributed by atoms with E-state index in [-0.39, 0.29) is 0 Å². The highest BCUT2D eigenvalue weighted by atomic mass is 28.3. The molecule has 0 N–H and O–H groups in total. The Hall–Kier alpha value is -1.53. The van der Waals surface area contributed by atoms with Gasteiger partial charge in [-0.15, -0.1) is 0 Å². The van der Waals surface area contributed by atoms with E-state index in [9.17, 15) is 110 Å². The number of hydrogen-bond acceptors (Lipinski definition) is 0. The van der Waals surface area contributed by atoms with Crippen molar-refractivity contribution in [2.24, 2.45) is 0 Å².